The van der Waals surface area contributed by atoms with Gasteiger partial charge in [0.1, 0.15) is 4.34 Å². The average Bonchev–Trinajstić information content (AvgIpc) is 2.17. The molecule has 5 heteroatoms. The predicted molar refractivity (Wildman–Crippen MR) is 48.9 cm³/mol. The van der Waals surface area contributed by atoms with Crippen LogP contribution in [-0.4, -0.2) is 0 Å². The van der Waals surface area contributed by atoms with Gasteiger partial charge in [-0.15, -0.1) is 22.9 Å². The fourth-order valence-corrected chi connectivity index (χ4v) is 2.55. The van der Waals surface area contributed by atoms with Crippen LogP contribution in [0.2, 0.25) is 14.4 Å². The molecule has 0 nitrogen and oxygen atoms in total. The van der Waals surface area contributed by atoms with E-state index in [2.05, 4.69) is 0 Å². The first kappa shape index (κ1) is 8.95. The maximum Gasteiger partial charge on any atom is 0.113 e. The summed E-state index contributed by atoms with van der Waals surface area (Å²) in [5.74, 6) is 0.357. The fourth-order valence-electron chi connectivity index (χ4n) is 0.492. The Balaban J connectivity index is 3.17. The molecule has 1 aromatic heterocycles. The highest BCUT2D eigenvalue weighted by Gasteiger charge is 2.11. The van der Waals surface area contributed by atoms with Gasteiger partial charge in [-0.1, -0.05) is 34.8 Å². The number of thiophene rings is 1. The molecule has 0 N–H and O–H groups in total. The quantitative estimate of drug-likeness (QED) is 0.632. The molecule has 10 heavy (non-hydrogen) atoms. The van der Waals surface area contributed by atoms with Gasteiger partial charge in [-0.2, -0.15) is 0 Å². The van der Waals surface area contributed by atoms with Crippen LogP contribution in [0.5, 0.6) is 0 Å². The van der Waals surface area contributed by atoms with Crippen LogP contribution in [-0.2, 0) is 5.88 Å². The molecule has 0 aliphatic heterocycles. The summed E-state index contributed by atoms with van der Waals surface area (Å²) in [5, 5.41) is 0.885. The van der Waals surface area contributed by atoms with Crippen LogP contribution < -0.4 is 0 Å². The van der Waals surface area contributed by atoms with Crippen LogP contribution in [0.1, 0.15) is 4.88 Å². The van der Waals surface area contributed by atoms with Crippen LogP contribution in [0.3, 0.4) is 0 Å². The summed E-state index contributed by atoms with van der Waals surface area (Å²) in [6.07, 6.45) is 0. The van der Waals surface area contributed by atoms with Gasteiger partial charge >= 0.3 is 0 Å². The molecule has 1 heterocycles. The Bertz CT molecular complexity index is 242. The Kier molecular flexibility index (Phi) is 3.14. The van der Waals surface area contributed by atoms with Gasteiger partial charge in [0.05, 0.1) is 15.9 Å². The molecule has 0 saturated heterocycles. The smallest absolute Gasteiger partial charge is 0.113 e. The minimum atomic E-state index is 0.357. The van der Waals surface area contributed by atoms with Gasteiger partial charge in [0.15, 0.2) is 0 Å². The van der Waals surface area contributed by atoms with Gasteiger partial charge in [0, 0.05) is 4.88 Å². The molecule has 0 unspecified atom stereocenters. The van der Waals surface area contributed by atoms with E-state index in [4.69, 9.17) is 46.4 Å². The fraction of sp³-hybridized carbons (Fsp3) is 0.200. The van der Waals surface area contributed by atoms with Crippen molar-refractivity contribution >= 4 is 57.7 Å². The lowest BCUT2D eigenvalue weighted by Gasteiger charge is -1.85. The summed E-state index contributed by atoms with van der Waals surface area (Å²) >= 11 is 23.9. The molecule has 0 radical (unpaired) electrons. The monoisotopic (exact) mass is 234 g/mol. The lowest BCUT2D eigenvalue weighted by atomic mass is 10.5. The Hall–Kier alpha value is 0.860. The Morgan fingerprint density at radius 1 is 1.10 bits per heavy atom. The van der Waals surface area contributed by atoms with Gasteiger partial charge < -0.3 is 0 Å². The molecule has 0 atom stereocenters. The minimum absolute atomic E-state index is 0.357. The van der Waals surface area contributed by atoms with Crippen molar-refractivity contribution in [3.8, 4) is 0 Å². The zero-order valence-electron chi connectivity index (χ0n) is 4.63. The molecule has 1 aromatic rings. The van der Waals surface area contributed by atoms with Gasteiger partial charge in [0.25, 0.3) is 0 Å². The van der Waals surface area contributed by atoms with Gasteiger partial charge in [-0.25, -0.2) is 0 Å². The molecule has 0 fully saturated rings. The lowest BCUT2D eigenvalue weighted by Crippen LogP contribution is -1.66. The maximum atomic E-state index is 5.72. The third kappa shape index (κ3) is 1.54. The summed E-state index contributed by atoms with van der Waals surface area (Å²) in [6, 6.07) is 0. The van der Waals surface area contributed by atoms with Gasteiger partial charge in [0.2, 0.25) is 0 Å². The van der Waals surface area contributed by atoms with E-state index in [1.165, 1.54) is 11.3 Å². The molecule has 0 bridgehead atoms. The first-order chi connectivity index (χ1) is 4.66. The maximum absolute atomic E-state index is 5.72. The first-order valence-electron chi connectivity index (χ1n) is 2.35. The zero-order valence-corrected chi connectivity index (χ0v) is 8.47. The van der Waals surface area contributed by atoms with Crippen LogP contribution in [0.15, 0.2) is 0 Å². The highest BCUT2D eigenvalue weighted by atomic mass is 35.5. The second kappa shape index (κ2) is 3.51. The molecule has 0 spiro atoms. The van der Waals surface area contributed by atoms with E-state index in [-0.39, 0.29) is 0 Å². The predicted octanol–water partition coefficient (Wildman–Crippen LogP) is 4.45. The Labute approximate surface area is 82.6 Å². The standard InChI is InChI=1S/C5H2Cl4S/c6-1-2-3(7)4(8)5(9)10-2/h1H2. The third-order valence-electron chi connectivity index (χ3n) is 0.944. The molecule has 1 rings (SSSR count). The van der Waals surface area contributed by atoms with E-state index in [1.54, 1.807) is 0 Å². The summed E-state index contributed by atoms with van der Waals surface area (Å²) in [6.45, 7) is 0. The van der Waals surface area contributed by atoms with Crippen LogP contribution in [0.25, 0.3) is 0 Å². The van der Waals surface area contributed by atoms with Gasteiger partial charge in [-0.05, 0) is 0 Å². The van der Waals surface area contributed by atoms with Crippen molar-refractivity contribution in [1.29, 1.82) is 0 Å². The van der Waals surface area contributed by atoms with Crippen molar-refractivity contribution in [2.45, 2.75) is 5.88 Å². The second-order valence-corrected chi connectivity index (χ2v) is 4.29. The summed E-state index contributed by atoms with van der Waals surface area (Å²) in [7, 11) is 0. The topological polar surface area (TPSA) is 0 Å². The molecule has 0 aromatic carbocycles. The minimum Gasteiger partial charge on any atom is -0.124 e. The third-order valence-corrected chi connectivity index (χ3v) is 3.98. The number of hydrogen-bond donors (Lipinski definition) is 0. The van der Waals surface area contributed by atoms with Crippen molar-refractivity contribution in [3.05, 3.63) is 19.3 Å². The zero-order chi connectivity index (χ0) is 7.72. The number of rotatable bonds is 1. The molecular formula is C5H2Cl4S. The average molecular weight is 236 g/mol. The summed E-state index contributed by atoms with van der Waals surface area (Å²) < 4.78 is 0.502. The highest BCUT2D eigenvalue weighted by molar-refractivity contribution is 7.17. The highest BCUT2D eigenvalue weighted by Crippen LogP contribution is 2.40. The van der Waals surface area contributed by atoms with Crippen molar-refractivity contribution in [2.24, 2.45) is 0 Å². The SMILES string of the molecule is ClCc1sc(Cl)c(Cl)c1Cl. The van der Waals surface area contributed by atoms with Crippen molar-refractivity contribution in [2.75, 3.05) is 0 Å². The number of alkyl halides is 1. The van der Waals surface area contributed by atoms with Crippen LogP contribution >= 0.6 is 57.7 Å². The van der Waals surface area contributed by atoms with Crippen molar-refractivity contribution in [3.63, 3.8) is 0 Å². The van der Waals surface area contributed by atoms with Crippen LogP contribution in [0, 0.1) is 0 Å². The largest absolute Gasteiger partial charge is 0.124 e. The van der Waals surface area contributed by atoms with Crippen molar-refractivity contribution in [1.82, 2.24) is 0 Å². The van der Waals surface area contributed by atoms with Gasteiger partial charge in [-0.3, -0.25) is 0 Å². The van der Waals surface area contributed by atoms with Crippen LogP contribution in [0.4, 0.5) is 0 Å². The molecule has 0 saturated carbocycles. The van der Waals surface area contributed by atoms with Crippen molar-refractivity contribution < 1.29 is 0 Å². The number of hydrogen-bond acceptors (Lipinski definition) is 1. The Morgan fingerprint density at radius 2 is 1.70 bits per heavy atom. The summed E-state index contributed by atoms with van der Waals surface area (Å²) in [5.41, 5.74) is 0. The lowest BCUT2D eigenvalue weighted by molar-refractivity contribution is 1.53. The summed E-state index contributed by atoms with van der Waals surface area (Å²) in [4.78, 5) is 0.818. The molecule has 0 aliphatic carbocycles. The van der Waals surface area contributed by atoms with E-state index in [1.807, 2.05) is 0 Å². The molecular weight excluding hydrogens is 234 g/mol. The van der Waals surface area contributed by atoms with E-state index in [9.17, 15) is 0 Å². The van der Waals surface area contributed by atoms with E-state index in [0.29, 0.717) is 20.3 Å². The second-order valence-electron chi connectivity index (χ2n) is 1.56. The van der Waals surface area contributed by atoms with E-state index in [0.717, 1.165) is 4.88 Å². The first-order valence-corrected chi connectivity index (χ1v) is 4.83. The van der Waals surface area contributed by atoms with E-state index < -0.39 is 0 Å². The molecule has 0 aliphatic rings. The number of halogens is 4. The normalized spacial score (nSPS) is 10.4. The Morgan fingerprint density at radius 3 is 1.90 bits per heavy atom. The van der Waals surface area contributed by atoms with E-state index >= 15 is 0 Å². The molecule has 56 valence electrons. The molecule has 0 amide bonds.